The summed E-state index contributed by atoms with van der Waals surface area (Å²) in [5.41, 5.74) is 6.88. The molecule has 0 saturated carbocycles. The molecule has 0 bridgehead atoms. The molecule has 102 valence electrons. The van der Waals surface area contributed by atoms with Crippen LogP contribution < -0.4 is 5.73 Å². The van der Waals surface area contributed by atoms with Crippen molar-refractivity contribution < 1.29 is 4.79 Å². The molecule has 1 atom stereocenters. The van der Waals surface area contributed by atoms with E-state index in [9.17, 15) is 4.79 Å². The topological polar surface area (TPSA) is 46.3 Å². The summed E-state index contributed by atoms with van der Waals surface area (Å²) in [5, 5.41) is 0. The minimum Gasteiger partial charge on any atom is -0.369 e. The molecule has 1 fully saturated rings. The van der Waals surface area contributed by atoms with Crippen LogP contribution in [0.15, 0.2) is 29.2 Å². The first-order valence-corrected chi connectivity index (χ1v) is 7.96. The molecule has 1 unspecified atom stereocenters. The van der Waals surface area contributed by atoms with E-state index in [4.69, 9.17) is 5.73 Å². The fourth-order valence-corrected chi connectivity index (χ4v) is 4.33. The lowest BCUT2D eigenvalue weighted by molar-refractivity contribution is -0.123. The van der Waals surface area contributed by atoms with Crippen LogP contribution in [0.1, 0.15) is 24.3 Å². The van der Waals surface area contributed by atoms with E-state index in [-0.39, 0.29) is 11.8 Å². The SMILES string of the molecule is NC(=O)C1CCN(CC2CSc3ccccc32)CC1. The highest BCUT2D eigenvalue weighted by Crippen LogP contribution is 2.39. The van der Waals surface area contributed by atoms with Crippen molar-refractivity contribution in [1.82, 2.24) is 4.90 Å². The van der Waals surface area contributed by atoms with Gasteiger partial charge in [0.2, 0.25) is 5.91 Å². The molecule has 19 heavy (non-hydrogen) atoms. The predicted molar refractivity (Wildman–Crippen MR) is 78.3 cm³/mol. The van der Waals surface area contributed by atoms with Gasteiger partial charge in [-0.2, -0.15) is 0 Å². The third-order valence-electron chi connectivity index (χ3n) is 4.27. The van der Waals surface area contributed by atoms with Crippen LogP contribution in [0.3, 0.4) is 0 Å². The van der Waals surface area contributed by atoms with Crippen LogP contribution in [0, 0.1) is 5.92 Å². The molecule has 3 rings (SSSR count). The normalized spacial score (nSPS) is 24.3. The summed E-state index contributed by atoms with van der Waals surface area (Å²) in [6, 6.07) is 8.74. The number of nitrogens with zero attached hydrogens (tertiary/aromatic N) is 1. The van der Waals surface area contributed by atoms with Crippen molar-refractivity contribution in [2.75, 3.05) is 25.4 Å². The van der Waals surface area contributed by atoms with Crippen molar-refractivity contribution >= 4 is 17.7 Å². The standard InChI is InChI=1S/C15H20N2OS/c16-15(18)11-5-7-17(8-6-11)9-12-10-19-14-4-2-1-3-13(12)14/h1-4,11-12H,5-10H2,(H2,16,18). The van der Waals surface area contributed by atoms with Gasteiger partial charge in [-0.1, -0.05) is 18.2 Å². The molecule has 0 spiro atoms. The van der Waals surface area contributed by atoms with Gasteiger partial charge >= 0.3 is 0 Å². The van der Waals surface area contributed by atoms with Gasteiger partial charge in [-0.05, 0) is 37.6 Å². The lowest BCUT2D eigenvalue weighted by Crippen LogP contribution is -2.40. The van der Waals surface area contributed by atoms with E-state index in [1.165, 1.54) is 16.2 Å². The predicted octanol–water partition coefficient (Wildman–Crippen LogP) is 2.07. The fourth-order valence-electron chi connectivity index (χ4n) is 3.09. The minimum atomic E-state index is -0.124. The number of amides is 1. The number of likely N-dealkylation sites (tertiary alicyclic amines) is 1. The summed E-state index contributed by atoms with van der Waals surface area (Å²) in [4.78, 5) is 15.1. The highest BCUT2D eigenvalue weighted by atomic mass is 32.2. The number of carbonyl (C=O) groups excluding carboxylic acids is 1. The molecule has 0 aromatic heterocycles. The van der Waals surface area contributed by atoms with Gasteiger partial charge in [0.1, 0.15) is 0 Å². The summed E-state index contributed by atoms with van der Waals surface area (Å²) in [7, 11) is 0. The zero-order valence-electron chi connectivity index (χ0n) is 11.0. The zero-order valence-corrected chi connectivity index (χ0v) is 11.9. The Morgan fingerprint density at radius 1 is 1.32 bits per heavy atom. The van der Waals surface area contributed by atoms with Crippen LogP contribution in [0.5, 0.6) is 0 Å². The zero-order chi connectivity index (χ0) is 13.2. The fraction of sp³-hybridized carbons (Fsp3) is 0.533. The average Bonchev–Trinajstić information content (AvgIpc) is 2.83. The summed E-state index contributed by atoms with van der Waals surface area (Å²) in [6.07, 6.45) is 1.85. The van der Waals surface area contributed by atoms with Gasteiger partial charge in [-0.15, -0.1) is 11.8 Å². The van der Waals surface area contributed by atoms with Crippen molar-refractivity contribution in [2.24, 2.45) is 11.7 Å². The Balaban J connectivity index is 1.58. The second-order valence-corrected chi connectivity index (χ2v) is 6.58. The monoisotopic (exact) mass is 276 g/mol. The van der Waals surface area contributed by atoms with Crippen LogP contribution in [0.4, 0.5) is 0 Å². The van der Waals surface area contributed by atoms with E-state index in [2.05, 4.69) is 29.2 Å². The lowest BCUT2D eigenvalue weighted by Gasteiger charge is -2.32. The number of nitrogens with two attached hydrogens (primary N) is 1. The Hall–Kier alpha value is -1.00. The van der Waals surface area contributed by atoms with Crippen LogP contribution >= 0.6 is 11.8 Å². The number of primary amides is 1. The number of rotatable bonds is 3. The number of carbonyl (C=O) groups is 1. The quantitative estimate of drug-likeness (QED) is 0.919. The number of piperidine rings is 1. The Morgan fingerprint density at radius 2 is 2.05 bits per heavy atom. The molecule has 1 saturated heterocycles. The second-order valence-electron chi connectivity index (χ2n) is 5.52. The Kier molecular flexibility index (Phi) is 3.80. The molecule has 2 aliphatic rings. The Morgan fingerprint density at radius 3 is 2.79 bits per heavy atom. The maximum atomic E-state index is 11.2. The maximum absolute atomic E-state index is 11.2. The Bertz CT molecular complexity index is 469. The molecule has 3 nitrogen and oxygen atoms in total. The Labute approximate surface area is 118 Å². The smallest absolute Gasteiger partial charge is 0.220 e. The third kappa shape index (κ3) is 2.79. The minimum absolute atomic E-state index is 0.0986. The largest absolute Gasteiger partial charge is 0.369 e. The van der Waals surface area contributed by atoms with E-state index in [0.29, 0.717) is 5.92 Å². The van der Waals surface area contributed by atoms with Gasteiger partial charge in [0.15, 0.2) is 0 Å². The van der Waals surface area contributed by atoms with Gasteiger partial charge in [0.05, 0.1) is 0 Å². The highest BCUT2D eigenvalue weighted by Gasteiger charge is 2.28. The summed E-state index contributed by atoms with van der Waals surface area (Å²) >= 11 is 1.97. The van der Waals surface area contributed by atoms with Gasteiger partial charge in [-0.25, -0.2) is 0 Å². The first-order valence-electron chi connectivity index (χ1n) is 6.97. The second kappa shape index (κ2) is 5.55. The molecule has 2 aliphatic heterocycles. The van der Waals surface area contributed by atoms with E-state index < -0.39 is 0 Å². The van der Waals surface area contributed by atoms with E-state index in [1.54, 1.807) is 0 Å². The molecule has 4 heteroatoms. The molecule has 1 aromatic rings. The van der Waals surface area contributed by atoms with E-state index in [0.717, 1.165) is 32.5 Å². The summed E-state index contributed by atoms with van der Waals surface area (Å²) in [5.74, 6) is 1.81. The molecule has 0 radical (unpaired) electrons. The number of hydrogen-bond acceptors (Lipinski definition) is 3. The summed E-state index contributed by atoms with van der Waals surface area (Å²) in [6.45, 7) is 3.14. The molecular formula is C15H20N2OS. The molecule has 1 amide bonds. The number of benzene rings is 1. The summed E-state index contributed by atoms with van der Waals surface area (Å²) < 4.78 is 0. The van der Waals surface area contributed by atoms with Crippen molar-refractivity contribution in [1.29, 1.82) is 0 Å². The number of thioether (sulfide) groups is 1. The number of hydrogen-bond donors (Lipinski definition) is 1. The van der Waals surface area contributed by atoms with Crippen LogP contribution in [0.25, 0.3) is 0 Å². The maximum Gasteiger partial charge on any atom is 0.220 e. The first-order chi connectivity index (χ1) is 9.24. The van der Waals surface area contributed by atoms with Crippen LogP contribution in [-0.4, -0.2) is 36.2 Å². The van der Waals surface area contributed by atoms with Gasteiger partial charge in [-0.3, -0.25) is 4.79 Å². The van der Waals surface area contributed by atoms with Crippen molar-refractivity contribution in [2.45, 2.75) is 23.7 Å². The van der Waals surface area contributed by atoms with E-state index in [1.807, 2.05) is 11.8 Å². The molecule has 2 heterocycles. The lowest BCUT2D eigenvalue weighted by atomic mass is 9.94. The molecular weight excluding hydrogens is 256 g/mol. The van der Waals surface area contributed by atoms with Crippen molar-refractivity contribution in [3.8, 4) is 0 Å². The molecule has 2 N–H and O–H groups in total. The van der Waals surface area contributed by atoms with Gasteiger partial charge < -0.3 is 10.6 Å². The van der Waals surface area contributed by atoms with Gasteiger partial charge in [0, 0.05) is 29.0 Å². The number of fused-ring (bicyclic) bond motifs is 1. The molecule has 0 aliphatic carbocycles. The van der Waals surface area contributed by atoms with E-state index >= 15 is 0 Å². The van der Waals surface area contributed by atoms with Crippen LogP contribution in [0.2, 0.25) is 0 Å². The van der Waals surface area contributed by atoms with Crippen LogP contribution in [-0.2, 0) is 4.79 Å². The van der Waals surface area contributed by atoms with Crippen molar-refractivity contribution in [3.05, 3.63) is 29.8 Å². The van der Waals surface area contributed by atoms with Gasteiger partial charge in [0.25, 0.3) is 0 Å². The average molecular weight is 276 g/mol. The van der Waals surface area contributed by atoms with Crippen molar-refractivity contribution in [3.63, 3.8) is 0 Å². The first kappa shape index (κ1) is 13.0. The third-order valence-corrected chi connectivity index (χ3v) is 5.52. The highest BCUT2D eigenvalue weighted by molar-refractivity contribution is 7.99. The molecule has 1 aromatic carbocycles.